The molecule has 1 aliphatic rings. The van der Waals surface area contributed by atoms with E-state index in [0.29, 0.717) is 11.5 Å². The molecular weight excluding hydrogens is 196 g/mol. The molecule has 0 atom stereocenters. The van der Waals surface area contributed by atoms with Crippen LogP contribution in [0.2, 0.25) is 0 Å². The molecule has 0 bridgehead atoms. The molecule has 0 aliphatic heterocycles. The van der Waals surface area contributed by atoms with Crippen LogP contribution in [-0.2, 0) is 0 Å². The van der Waals surface area contributed by atoms with Crippen molar-refractivity contribution >= 4 is 11.6 Å². The smallest absolute Gasteiger partial charge is 0.120 e. The maximum absolute atomic E-state index is 5.89. The van der Waals surface area contributed by atoms with Crippen molar-refractivity contribution in [1.82, 2.24) is 0 Å². The maximum atomic E-state index is 5.89. The topological polar surface area (TPSA) is 9.23 Å². The first-order valence-electron chi connectivity index (χ1n) is 5.03. The molecule has 1 nitrogen and oxygen atoms in total. The zero-order valence-corrected chi connectivity index (χ0v) is 9.34. The number of aryl methyl sites for hydroxylation is 2. The molecular formula is C12H15ClO. The second-order valence-corrected chi connectivity index (χ2v) is 4.67. The summed E-state index contributed by atoms with van der Waals surface area (Å²) in [6, 6.07) is 6.22. The number of alkyl halides is 1. The number of hydrogen-bond donors (Lipinski definition) is 0. The van der Waals surface area contributed by atoms with E-state index in [1.807, 2.05) is 6.07 Å². The van der Waals surface area contributed by atoms with E-state index in [4.69, 9.17) is 16.3 Å². The molecule has 1 saturated carbocycles. The lowest BCUT2D eigenvalue weighted by Gasteiger charge is -2.31. The van der Waals surface area contributed by atoms with Gasteiger partial charge in [-0.2, -0.15) is 0 Å². The second kappa shape index (κ2) is 3.82. The van der Waals surface area contributed by atoms with E-state index in [1.54, 1.807) is 0 Å². The lowest BCUT2D eigenvalue weighted by molar-refractivity contribution is 0.124. The highest BCUT2D eigenvalue weighted by Gasteiger charge is 2.28. The Hall–Kier alpha value is -0.690. The SMILES string of the molecule is Cc1ccc(OC2CC(Cl)C2)cc1C. The van der Waals surface area contributed by atoms with Crippen molar-refractivity contribution in [3.8, 4) is 5.75 Å². The highest BCUT2D eigenvalue weighted by Crippen LogP contribution is 2.30. The molecule has 1 fully saturated rings. The summed E-state index contributed by atoms with van der Waals surface area (Å²) in [5.74, 6) is 0.974. The molecule has 1 aromatic rings. The summed E-state index contributed by atoms with van der Waals surface area (Å²) < 4.78 is 5.77. The average molecular weight is 211 g/mol. The number of halogens is 1. The molecule has 1 aliphatic carbocycles. The Morgan fingerprint density at radius 3 is 2.50 bits per heavy atom. The van der Waals surface area contributed by atoms with Crippen LogP contribution in [0, 0.1) is 13.8 Å². The summed E-state index contributed by atoms with van der Waals surface area (Å²) in [6.45, 7) is 4.21. The summed E-state index contributed by atoms with van der Waals surface area (Å²) in [5, 5.41) is 0.326. The molecule has 0 radical (unpaired) electrons. The maximum Gasteiger partial charge on any atom is 0.120 e. The molecule has 2 rings (SSSR count). The van der Waals surface area contributed by atoms with Crippen LogP contribution >= 0.6 is 11.6 Å². The van der Waals surface area contributed by atoms with Crippen molar-refractivity contribution < 1.29 is 4.74 Å². The first-order valence-corrected chi connectivity index (χ1v) is 5.47. The largest absolute Gasteiger partial charge is 0.490 e. The lowest BCUT2D eigenvalue weighted by Crippen LogP contribution is -2.34. The van der Waals surface area contributed by atoms with Gasteiger partial charge in [0.2, 0.25) is 0 Å². The Morgan fingerprint density at radius 1 is 1.21 bits per heavy atom. The molecule has 0 aromatic heterocycles. The average Bonchev–Trinajstić information content (AvgIpc) is 2.09. The summed E-state index contributed by atoms with van der Waals surface area (Å²) in [7, 11) is 0. The summed E-state index contributed by atoms with van der Waals surface area (Å²) in [5.41, 5.74) is 2.59. The van der Waals surface area contributed by atoms with Crippen LogP contribution in [0.25, 0.3) is 0 Å². The fourth-order valence-corrected chi connectivity index (χ4v) is 1.97. The minimum Gasteiger partial charge on any atom is -0.490 e. The van der Waals surface area contributed by atoms with Gasteiger partial charge in [-0.25, -0.2) is 0 Å². The lowest BCUT2D eigenvalue weighted by atomic mass is 9.95. The number of rotatable bonds is 2. The van der Waals surface area contributed by atoms with Crippen molar-refractivity contribution in [1.29, 1.82) is 0 Å². The van der Waals surface area contributed by atoms with Gasteiger partial charge >= 0.3 is 0 Å². The molecule has 76 valence electrons. The van der Waals surface area contributed by atoms with Crippen molar-refractivity contribution in [2.45, 2.75) is 38.2 Å². The van der Waals surface area contributed by atoms with E-state index < -0.39 is 0 Å². The van der Waals surface area contributed by atoms with E-state index >= 15 is 0 Å². The normalized spacial score (nSPS) is 25.6. The second-order valence-electron chi connectivity index (χ2n) is 4.05. The minimum absolute atomic E-state index is 0.326. The van der Waals surface area contributed by atoms with E-state index in [9.17, 15) is 0 Å². The monoisotopic (exact) mass is 210 g/mol. The third-order valence-corrected chi connectivity index (χ3v) is 3.17. The quantitative estimate of drug-likeness (QED) is 0.680. The van der Waals surface area contributed by atoms with Crippen LogP contribution < -0.4 is 4.74 Å². The fraction of sp³-hybridized carbons (Fsp3) is 0.500. The number of benzene rings is 1. The van der Waals surface area contributed by atoms with Gasteiger partial charge in [0.1, 0.15) is 11.9 Å². The van der Waals surface area contributed by atoms with E-state index in [0.717, 1.165) is 18.6 Å². The van der Waals surface area contributed by atoms with E-state index in [2.05, 4.69) is 26.0 Å². The number of hydrogen-bond acceptors (Lipinski definition) is 1. The van der Waals surface area contributed by atoms with Crippen LogP contribution in [0.1, 0.15) is 24.0 Å². The van der Waals surface area contributed by atoms with Gasteiger partial charge in [0.05, 0.1) is 0 Å². The summed E-state index contributed by atoms with van der Waals surface area (Å²) in [6.07, 6.45) is 2.29. The van der Waals surface area contributed by atoms with E-state index in [-0.39, 0.29) is 0 Å². The van der Waals surface area contributed by atoms with Crippen LogP contribution in [0.3, 0.4) is 0 Å². The highest BCUT2D eigenvalue weighted by atomic mass is 35.5. The third kappa shape index (κ3) is 2.03. The van der Waals surface area contributed by atoms with Gasteiger partial charge in [0, 0.05) is 18.2 Å². The molecule has 0 unspecified atom stereocenters. The summed E-state index contributed by atoms with van der Waals surface area (Å²) >= 11 is 5.89. The minimum atomic E-state index is 0.326. The molecule has 0 saturated heterocycles. The van der Waals surface area contributed by atoms with E-state index in [1.165, 1.54) is 11.1 Å². The highest BCUT2D eigenvalue weighted by molar-refractivity contribution is 6.21. The fourth-order valence-electron chi connectivity index (χ4n) is 1.58. The third-order valence-electron chi connectivity index (χ3n) is 2.82. The van der Waals surface area contributed by atoms with Gasteiger partial charge in [-0.05, 0) is 37.1 Å². The van der Waals surface area contributed by atoms with Gasteiger partial charge in [-0.15, -0.1) is 11.6 Å². The molecule has 0 amide bonds. The Labute approximate surface area is 90.0 Å². The molecule has 14 heavy (non-hydrogen) atoms. The van der Waals surface area contributed by atoms with Gasteiger partial charge < -0.3 is 4.74 Å². The van der Waals surface area contributed by atoms with Crippen LogP contribution in [0.5, 0.6) is 5.75 Å². The standard InChI is InChI=1S/C12H15ClO/c1-8-3-4-11(5-9(8)2)14-12-6-10(13)7-12/h3-5,10,12H,6-7H2,1-2H3. The Kier molecular flexibility index (Phi) is 2.69. The predicted molar refractivity (Wildman–Crippen MR) is 59.2 cm³/mol. The first-order chi connectivity index (χ1) is 6.65. The molecule has 0 spiro atoms. The van der Waals surface area contributed by atoms with Gasteiger partial charge in [0.25, 0.3) is 0 Å². The van der Waals surface area contributed by atoms with Crippen molar-refractivity contribution in [2.75, 3.05) is 0 Å². The first kappa shape index (κ1) is 9.85. The van der Waals surface area contributed by atoms with Crippen molar-refractivity contribution in [2.24, 2.45) is 0 Å². The Bertz CT molecular complexity index is 329. The molecule has 2 heteroatoms. The Balaban J connectivity index is 2.00. The van der Waals surface area contributed by atoms with Gasteiger partial charge in [-0.1, -0.05) is 6.07 Å². The van der Waals surface area contributed by atoms with Crippen molar-refractivity contribution in [3.63, 3.8) is 0 Å². The molecule has 1 aromatic carbocycles. The van der Waals surface area contributed by atoms with Crippen LogP contribution in [0.15, 0.2) is 18.2 Å². The van der Waals surface area contributed by atoms with Crippen LogP contribution in [-0.4, -0.2) is 11.5 Å². The predicted octanol–water partition coefficient (Wildman–Crippen LogP) is 3.45. The van der Waals surface area contributed by atoms with Gasteiger partial charge in [-0.3, -0.25) is 0 Å². The van der Waals surface area contributed by atoms with Crippen molar-refractivity contribution in [3.05, 3.63) is 29.3 Å². The zero-order chi connectivity index (χ0) is 10.1. The Morgan fingerprint density at radius 2 is 1.93 bits per heavy atom. The van der Waals surface area contributed by atoms with Gasteiger partial charge in [0.15, 0.2) is 0 Å². The molecule has 0 heterocycles. The van der Waals surface area contributed by atoms with Crippen LogP contribution in [0.4, 0.5) is 0 Å². The summed E-state index contributed by atoms with van der Waals surface area (Å²) in [4.78, 5) is 0. The number of ether oxygens (including phenoxy) is 1. The zero-order valence-electron chi connectivity index (χ0n) is 8.59. The molecule has 0 N–H and O–H groups in total.